The Morgan fingerprint density at radius 2 is 2.16 bits per heavy atom. The van der Waals surface area contributed by atoms with Gasteiger partial charge in [-0.15, -0.1) is 21.5 Å². The summed E-state index contributed by atoms with van der Waals surface area (Å²) in [7, 11) is 0. The molecule has 0 aliphatic heterocycles. The summed E-state index contributed by atoms with van der Waals surface area (Å²) in [6, 6.07) is 10.7. The Hall–Kier alpha value is -2.71. The molecular weight excluding hydrogens is 342 g/mol. The first-order valence-electron chi connectivity index (χ1n) is 7.71. The molecule has 2 N–H and O–H groups in total. The predicted octanol–water partition coefficient (Wildman–Crippen LogP) is 3.12. The van der Waals surface area contributed by atoms with Crippen LogP contribution in [0.4, 0.5) is 5.69 Å². The number of nitrogens with zero attached hydrogens (tertiary/aromatic N) is 2. The molecule has 0 amide bonds. The Labute approximate surface area is 148 Å². The number of nitrogens with one attached hydrogen (secondary N) is 1. The number of aliphatic hydroxyl groups is 1. The van der Waals surface area contributed by atoms with Gasteiger partial charge in [0.15, 0.2) is 6.10 Å². The number of benzene rings is 1. The molecule has 7 nitrogen and oxygen atoms in total. The minimum absolute atomic E-state index is 0.0345. The number of thiophene rings is 1. The van der Waals surface area contributed by atoms with Crippen molar-refractivity contribution in [3.05, 3.63) is 53.2 Å². The average molecular weight is 359 g/mol. The summed E-state index contributed by atoms with van der Waals surface area (Å²) in [4.78, 5) is 13.3. The van der Waals surface area contributed by atoms with Crippen molar-refractivity contribution in [2.24, 2.45) is 0 Å². The lowest BCUT2D eigenvalue weighted by atomic mass is 10.2. The van der Waals surface area contributed by atoms with Gasteiger partial charge in [-0.05, 0) is 30.5 Å². The average Bonchev–Trinajstić information content (AvgIpc) is 3.31. The van der Waals surface area contributed by atoms with Crippen LogP contribution >= 0.6 is 11.3 Å². The molecule has 0 aliphatic carbocycles. The summed E-state index contributed by atoms with van der Waals surface area (Å²) in [6.45, 7) is 1.98. The monoisotopic (exact) mass is 359 g/mol. The zero-order chi connectivity index (χ0) is 17.6. The van der Waals surface area contributed by atoms with E-state index in [1.807, 2.05) is 17.5 Å². The van der Waals surface area contributed by atoms with Crippen molar-refractivity contribution < 1.29 is 19.1 Å². The van der Waals surface area contributed by atoms with Crippen LogP contribution in [-0.4, -0.2) is 34.4 Å². The molecule has 2 aromatic heterocycles. The van der Waals surface area contributed by atoms with Crippen molar-refractivity contribution in [1.82, 2.24) is 10.2 Å². The maximum Gasteiger partial charge on any atom is 0.341 e. The summed E-state index contributed by atoms with van der Waals surface area (Å²) in [5.74, 6) is 0.125. The minimum Gasteiger partial charge on any atom is -0.449 e. The van der Waals surface area contributed by atoms with E-state index in [1.165, 1.54) is 11.3 Å². The molecule has 1 atom stereocenters. The summed E-state index contributed by atoms with van der Waals surface area (Å²) in [5, 5.41) is 21.8. The highest BCUT2D eigenvalue weighted by Crippen LogP contribution is 2.27. The number of carbonyl (C=O) groups excluding carboxylic acids is 1. The Bertz CT molecular complexity index is 832. The molecule has 1 unspecified atom stereocenters. The van der Waals surface area contributed by atoms with Crippen LogP contribution in [0.2, 0.25) is 0 Å². The second kappa shape index (κ2) is 7.91. The van der Waals surface area contributed by atoms with Gasteiger partial charge in [0.1, 0.15) is 0 Å². The van der Waals surface area contributed by atoms with Crippen molar-refractivity contribution in [2.45, 2.75) is 13.0 Å². The van der Waals surface area contributed by atoms with Gasteiger partial charge in [0.25, 0.3) is 11.8 Å². The van der Waals surface area contributed by atoms with E-state index >= 15 is 0 Å². The van der Waals surface area contributed by atoms with Crippen LogP contribution in [0.15, 0.2) is 46.2 Å². The van der Waals surface area contributed by atoms with Gasteiger partial charge in [-0.3, -0.25) is 0 Å². The van der Waals surface area contributed by atoms with E-state index in [-0.39, 0.29) is 12.5 Å². The molecule has 2 heterocycles. The number of para-hydroxylation sites is 1. The van der Waals surface area contributed by atoms with Gasteiger partial charge >= 0.3 is 5.97 Å². The number of rotatable bonds is 7. The highest BCUT2D eigenvalue weighted by molar-refractivity contribution is 7.13. The highest BCUT2D eigenvalue weighted by atomic mass is 32.1. The maximum absolute atomic E-state index is 12.4. The Morgan fingerprint density at radius 3 is 2.92 bits per heavy atom. The minimum atomic E-state index is -0.681. The quantitative estimate of drug-likeness (QED) is 0.626. The van der Waals surface area contributed by atoms with Gasteiger partial charge in [-0.25, -0.2) is 4.79 Å². The van der Waals surface area contributed by atoms with Crippen molar-refractivity contribution in [3.63, 3.8) is 0 Å². The smallest absolute Gasteiger partial charge is 0.341 e. The molecule has 25 heavy (non-hydrogen) atoms. The Morgan fingerprint density at radius 1 is 1.32 bits per heavy atom. The fourth-order valence-corrected chi connectivity index (χ4v) is 2.82. The van der Waals surface area contributed by atoms with Gasteiger partial charge < -0.3 is 19.6 Å². The lowest BCUT2D eigenvalue weighted by molar-refractivity contribution is 0.0281. The van der Waals surface area contributed by atoms with Crippen LogP contribution in [0, 0.1) is 0 Å². The van der Waals surface area contributed by atoms with E-state index in [9.17, 15) is 4.79 Å². The van der Waals surface area contributed by atoms with Crippen LogP contribution in [0.3, 0.4) is 0 Å². The number of hydrogen-bond acceptors (Lipinski definition) is 8. The normalized spacial score (nSPS) is 11.9. The molecule has 0 fully saturated rings. The SMILES string of the molecule is CC(OC(=O)c1ccccc1NCCO)c1nnc(-c2cccs2)o1. The van der Waals surface area contributed by atoms with E-state index in [4.69, 9.17) is 14.3 Å². The van der Waals surface area contributed by atoms with Gasteiger partial charge in [0.05, 0.1) is 17.0 Å². The van der Waals surface area contributed by atoms with E-state index in [1.54, 1.807) is 31.2 Å². The van der Waals surface area contributed by atoms with E-state index in [0.29, 0.717) is 23.7 Å². The van der Waals surface area contributed by atoms with Crippen molar-refractivity contribution in [1.29, 1.82) is 0 Å². The van der Waals surface area contributed by atoms with E-state index in [0.717, 1.165) is 4.88 Å². The highest BCUT2D eigenvalue weighted by Gasteiger charge is 2.21. The first kappa shape index (κ1) is 17.1. The molecule has 0 radical (unpaired) electrons. The lowest BCUT2D eigenvalue weighted by Gasteiger charge is -2.13. The van der Waals surface area contributed by atoms with Crippen molar-refractivity contribution in [3.8, 4) is 10.8 Å². The molecule has 1 aromatic carbocycles. The number of aromatic nitrogens is 2. The fourth-order valence-electron chi connectivity index (χ4n) is 2.18. The number of hydrogen-bond donors (Lipinski definition) is 2. The second-order valence-electron chi connectivity index (χ2n) is 5.17. The first-order valence-corrected chi connectivity index (χ1v) is 8.59. The molecule has 3 aromatic rings. The molecular formula is C17H17N3O4S. The van der Waals surface area contributed by atoms with Crippen LogP contribution in [0.1, 0.15) is 29.3 Å². The number of anilines is 1. The third kappa shape index (κ3) is 4.04. The van der Waals surface area contributed by atoms with Crippen LogP contribution in [0.25, 0.3) is 10.8 Å². The summed E-state index contributed by atoms with van der Waals surface area (Å²) in [5.41, 5.74) is 0.972. The molecule has 130 valence electrons. The third-order valence-electron chi connectivity index (χ3n) is 3.38. The molecule has 8 heteroatoms. The summed E-state index contributed by atoms with van der Waals surface area (Å²) >= 11 is 1.49. The molecule has 0 spiro atoms. The van der Waals surface area contributed by atoms with Crippen LogP contribution in [0.5, 0.6) is 0 Å². The molecule has 0 saturated carbocycles. The van der Waals surface area contributed by atoms with Gasteiger partial charge in [0.2, 0.25) is 0 Å². The number of ether oxygens (including phenoxy) is 1. The van der Waals surface area contributed by atoms with Gasteiger partial charge in [-0.1, -0.05) is 18.2 Å². The molecule has 0 aliphatic rings. The fraction of sp³-hybridized carbons (Fsp3) is 0.235. The third-order valence-corrected chi connectivity index (χ3v) is 4.24. The zero-order valence-electron chi connectivity index (χ0n) is 13.5. The largest absolute Gasteiger partial charge is 0.449 e. The van der Waals surface area contributed by atoms with Gasteiger partial charge in [-0.2, -0.15) is 0 Å². The standard InChI is InChI=1S/C17H17N3O4S/c1-11(15-19-20-16(24-15)14-7-4-10-25-14)23-17(22)12-5-2-3-6-13(12)18-8-9-21/h2-7,10-11,18,21H,8-9H2,1H3. The lowest BCUT2D eigenvalue weighted by Crippen LogP contribution is -2.14. The second-order valence-corrected chi connectivity index (χ2v) is 6.11. The first-order chi connectivity index (χ1) is 12.2. The van der Waals surface area contributed by atoms with Crippen molar-refractivity contribution >= 4 is 23.0 Å². The van der Waals surface area contributed by atoms with Crippen LogP contribution < -0.4 is 5.32 Å². The Balaban J connectivity index is 1.71. The zero-order valence-corrected chi connectivity index (χ0v) is 14.3. The molecule has 0 saturated heterocycles. The van der Waals surface area contributed by atoms with E-state index in [2.05, 4.69) is 15.5 Å². The molecule has 3 rings (SSSR count). The number of aliphatic hydroxyl groups excluding tert-OH is 1. The predicted molar refractivity (Wildman–Crippen MR) is 93.5 cm³/mol. The number of esters is 1. The topological polar surface area (TPSA) is 97.5 Å². The molecule has 0 bridgehead atoms. The van der Waals surface area contributed by atoms with Crippen molar-refractivity contribution in [2.75, 3.05) is 18.5 Å². The van der Waals surface area contributed by atoms with Gasteiger partial charge in [0, 0.05) is 12.2 Å². The van der Waals surface area contributed by atoms with Crippen LogP contribution in [-0.2, 0) is 4.74 Å². The van der Waals surface area contributed by atoms with E-state index < -0.39 is 12.1 Å². The summed E-state index contributed by atoms with van der Waals surface area (Å²) in [6.07, 6.45) is -0.681. The number of carbonyl (C=O) groups is 1. The summed E-state index contributed by atoms with van der Waals surface area (Å²) < 4.78 is 11.0. The maximum atomic E-state index is 12.4. The Kier molecular flexibility index (Phi) is 5.42.